The molecule has 122 valence electrons. The molecule has 0 aliphatic carbocycles. The second kappa shape index (κ2) is 7.23. The minimum Gasteiger partial charge on any atom is -0.206 e. The van der Waals surface area contributed by atoms with E-state index in [-0.39, 0.29) is 5.56 Å². The normalized spacial score (nSPS) is 10.8. The van der Waals surface area contributed by atoms with E-state index in [0.717, 1.165) is 11.7 Å². The number of hydrogen-bond donors (Lipinski definition) is 0. The topological polar surface area (TPSA) is 0 Å². The molecule has 24 heavy (non-hydrogen) atoms. The minimum atomic E-state index is -0.509. The van der Waals surface area contributed by atoms with Crippen molar-refractivity contribution in [1.29, 1.82) is 0 Å². The smallest absolute Gasteiger partial charge is 0.134 e. The molecule has 0 aliphatic rings. The minimum absolute atomic E-state index is 0.0408. The van der Waals surface area contributed by atoms with Crippen LogP contribution in [0.4, 0.5) is 8.78 Å². The van der Waals surface area contributed by atoms with E-state index in [2.05, 4.69) is 33.5 Å². The van der Waals surface area contributed by atoms with Gasteiger partial charge in [0.2, 0.25) is 0 Å². The SMILES string of the molecule is Cc1ccc(CCc2cc(F)c(-c3ccc(P)cc3)c(F)c2)cc1. The first-order valence-electron chi connectivity index (χ1n) is 7.92. The quantitative estimate of drug-likeness (QED) is 0.571. The van der Waals surface area contributed by atoms with Gasteiger partial charge in [-0.25, -0.2) is 8.78 Å². The Morgan fingerprint density at radius 1 is 0.750 bits per heavy atom. The van der Waals surface area contributed by atoms with Crippen molar-refractivity contribution in [3.63, 3.8) is 0 Å². The van der Waals surface area contributed by atoms with E-state index in [0.29, 0.717) is 17.5 Å². The van der Waals surface area contributed by atoms with E-state index >= 15 is 0 Å². The zero-order valence-electron chi connectivity index (χ0n) is 13.5. The molecule has 0 spiro atoms. The van der Waals surface area contributed by atoms with E-state index in [1.165, 1.54) is 23.3 Å². The highest BCUT2D eigenvalue weighted by Crippen LogP contribution is 2.27. The Hall–Kier alpha value is -2.05. The predicted molar refractivity (Wildman–Crippen MR) is 99.7 cm³/mol. The van der Waals surface area contributed by atoms with Gasteiger partial charge in [0.15, 0.2) is 0 Å². The third-order valence-electron chi connectivity index (χ3n) is 4.12. The van der Waals surface area contributed by atoms with Gasteiger partial charge in [-0.3, -0.25) is 0 Å². The zero-order valence-corrected chi connectivity index (χ0v) is 14.7. The van der Waals surface area contributed by atoms with Gasteiger partial charge in [-0.1, -0.05) is 54.1 Å². The summed E-state index contributed by atoms with van der Waals surface area (Å²) >= 11 is 0. The Balaban J connectivity index is 1.81. The Morgan fingerprint density at radius 3 is 1.88 bits per heavy atom. The van der Waals surface area contributed by atoms with Crippen molar-refractivity contribution in [2.24, 2.45) is 0 Å². The molecule has 0 heterocycles. The van der Waals surface area contributed by atoms with Gasteiger partial charge in [0.25, 0.3) is 0 Å². The summed E-state index contributed by atoms with van der Waals surface area (Å²) in [6.45, 7) is 2.04. The van der Waals surface area contributed by atoms with Crippen LogP contribution >= 0.6 is 9.24 Å². The predicted octanol–water partition coefficient (Wildman–Crippen LogP) is 5.23. The van der Waals surface area contributed by atoms with E-state index in [1.54, 1.807) is 12.1 Å². The molecular weight excluding hydrogens is 321 g/mol. The number of rotatable bonds is 4. The lowest BCUT2D eigenvalue weighted by Gasteiger charge is -2.09. The van der Waals surface area contributed by atoms with Crippen LogP contribution in [0.25, 0.3) is 11.1 Å². The molecule has 0 aromatic heterocycles. The lowest BCUT2D eigenvalue weighted by molar-refractivity contribution is 0.585. The summed E-state index contributed by atoms with van der Waals surface area (Å²) in [5, 5.41) is 0.981. The molecule has 0 amide bonds. The van der Waals surface area contributed by atoms with E-state index in [9.17, 15) is 8.78 Å². The molecule has 3 aromatic carbocycles. The van der Waals surface area contributed by atoms with Crippen molar-refractivity contribution in [2.75, 3.05) is 0 Å². The molecule has 0 saturated carbocycles. The third kappa shape index (κ3) is 3.88. The van der Waals surface area contributed by atoms with Gasteiger partial charge in [0.05, 0.1) is 5.56 Å². The van der Waals surface area contributed by atoms with Crippen LogP contribution in [0.5, 0.6) is 0 Å². The summed E-state index contributed by atoms with van der Waals surface area (Å²) in [4.78, 5) is 0. The lowest BCUT2D eigenvalue weighted by atomic mass is 9.99. The van der Waals surface area contributed by atoms with E-state index in [4.69, 9.17) is 0 Å². The fraction of sp³-hybridized carbons (Fsp3) is 0.143. The molecule has 0 bridgehead atoms. The van der Waals surface area contributed by atoms with Crippen molar-refractivity contribution < 1.29 is 8.78 Å². The molecule has 3 rings (SSSR count). The monoisotopic (exact) mass is 340 g/mol. The summed E-state index contributed by atoms with van der Waals surface area (Å²) in [7, 11) is 2.56. The second-order valence-electron chi connectivity index (χ2n) is 6.04. The molecule has 1 atom stereocenters. The van der Waals surface area contributed by atoms with Crippen LogP contribution in [0.2, 0.25) is 0 Å². The molecule has 0 saturated heterocycles. The van der Waals surface area contributed by atoms with Gasteiger partial charge < -0.3 is 0 Å². The molecule has 1 unspecified atom stereocenters. The van der Waals surface area contributed by atoms with Crippen molar-refractivity contribution >= 4 is 14.5 Å². The highest BCUT2D eigenvalue weighted by atomic mass is 31.0. The van der Waals surface area contributed by atoms with Crippen molar-refractivity contribution in [2.45, 2.75) is 19.8 Å². The van der Waals surface area contributed by atoms with Gasteiger partial charge in [-0.05, 0) is 53.9 Å². The summed E-state index contributed by atoms with van der Waals surface area (Å²) in [6.07, 6.45) is 1.38. The largest absolute Gasteiger partial charge is 0.206 e. The molecular formula is C21H19F2P. The summed E-state index contributed by atoms with van der Waals surface area (Å²) < 4.78 is 28.9. The van der Waals surface area contributed by atoms with Gasteiger partial charge in [0.1, 0.15) is 11.6 Å². The number of benzene rings is 3. The van der Waals surface area contributed by atoms with Crippen LogP contribution in [0.1, 0.15) is 16.7 Å². The molecule has 0 aliphatic heterocycles. The summed E-state index contributed by atoms with van der Waals surface area (Å²) in [5.74, 6) is -1.02. The molecule has 0 N–H and O–H groups in total. The van der Waals surface area contributed by atoms with Crippen LogP contribution in [0.15, 0.2) is 60.7 Å². The van der Waals surface area contributed by atoms with Crippen LogP contribution in [-0.4, -0.2) is 0 Å². The third-order valence-corrected chi connectivity index (χ3v) is 4.51. The Labute approximate surface area is 143 Å². The molecule has 0 fully saturated rings. The standard InChI is InChI=1S/C21H19F2P/c1-14-2-4-15(5-3-14)6-7-16-12-19(22)21(20(23)13-16)17-8-10-18(24)11-9-17/h2-5,8-13H,6-7,24H2,1H3. The van der Waals surface area contributed by atoms with E-state index in [1.807, 2.05) is 19.1 Å². The van der Waals surface area contributed by atoms with Gasteiger partial charge in [0, 0.05) is 0 Å². The zero-order chi connectivity index (χ0) is 17.1. The number of aryl methyl sites for hydroxylation is 3. The Morgan fingerprint density at radius 2 is 1.29 bits per heavy atom. The summed E-state index contributed by atoms with van der Waals surface area (Å²) in [5.41, 5.74) is 3.65. The lowest BCUT2D eigenvalue weighted by Crippen LogP contribution is -1.98. The van der Waals surface area contributed by atoms with E-state index < -0.39 is 11.6 Å². The van der Waals surface area contributed by atoms with Crippen molar-refractivity contribution in [3.8, 4) is 11.1 Å². The van der Waals surface area contributed by atoms with Gasteiger partial charge >= 0.3 is 0 Å². The van der Waals surface area contributed by atoms with Crippen LogP contribution in [0.3, 0.4) is 0 Å². The maximum absolute atomic E-state index is 14.4. The molecule has 0 nitrogen and oxygen atoms in total. The molecule has 3 aromatic rings. The van der Waals surface area contributed by atoms with Crippen molar-refractivity contribution in [1.82, 2.24) is 0 Å². The second-order valence-corrected chi connectivity index (χ2v) is 6.71. The maximum atomic E-state index is 14.4. The Kier molecular flexibility index (Phi) is 5.06. The van der Waals surface area contributed by atoms with Crippen LogP contribution < -0.4 is 5.30 Å². The Bertz CT molecular complexity index is 814. The fourth-order valence-corrected chi connectivity index (χ4v) is 2.93. The highest BCUT2D eigenvalue weighted by molar-refractivity contribution is 7.27. The van der Waals surface area contributed by atoms with Gasteiger partial charge in [-0.15, -0.1) is 9.24 Å². The number of halogens is 2. The van der Waals surface area contributed by atoms with Crippen molar-refractivity contribution in [3.05, 3.63) is 89.0 Å². The first kappa shape index (κ1) is 16.8. The first-order chi connectivity index (χ1) is 11.5. The van der Waals surface area contributed by atoms with Crippen LogP contribution in [0, 0.1) is 18.6 Å². The summed E-state index contributed by atoms with van der Waals surface area (Å²) in [6, 6.07) is 18.2. The average Bonchev–Trinajstić information content (AvgIpc) is 2.55. The maximum Gasteiger partial charge on any atom is 0.134 e. The molecule has 0 radical (unpaired) electrons. The van der Waals surface area contributed by atoms with Gasteiger partial charge in [-0.2, -0.15) is 0 Å². The fourth-order valence-electron chi connectivity index (χ4n) is 2.74. The molecule has 3 heteroatoms. The highest BCUT2D eigenvalue weighted by Gasteiger charge is 2.13. The number of hydrogen-bond acceptors (Lipinski definition) is 0. The van der Waals surface area contributed by atoms with Crippen LogP contribution in [-0.2, 0) is 12.8 Å². The average molecular weight is 340 g/mol. The first-order valence-corrected chi connectivity index (χ1v) is 8.50.